The van der Waals surface area contributed by atoms with Gasteiger partial charge in [-0.3, -0.25) is 4.79 Å². The summed E-state index contributed by atoms with van der Waals surface area (Å²) in [5, 5.41) is 12.5. The van der Waals surface area contributed by atoms with Gasteiger partial charge < -0.3 is 19.3 Å². The number of piperidine rings is 1. The van der Waals surface area contributed by atoms with Crippen molar-refractivity contribution in [2.45, 2.75) is 45.6 Å². The standard InChI is InChI=1S/C23H32N2O3/c1-15-6-5-7-19-17(3)21(24(4)20(15)19)22(26)25-11-10-23(27,16(2)14-25)18-8-12-28-13-9-18/h5-7,16,18,27H,8-14H2,1-4H3. The van der Waals surface area contributed by atoms with E-state index < -0.39 is 5.60 Å². The van der Waals surface area contributed by atoms with Crippen LogP contribution in [-0.2, 0) is 11.8 Å². The summed E-state index contributed by atoms with van der Waals surface area (Å²) in [4.78, 5) is 15.4. The molecule has 5 nitrogen and oxygen atoms in total. The van der Waals surface area contributed by atoms with Crippen LogP contribution < -0.4 is 0 Å². The molecule has 5 heteroatoms. The van der Waals surface area contributed by atoms with Gasteiger partial charge in [0.1, 0.15) is 5.69 Å². The van der Waals surface area contributed by atoms with E-state index in [1.54, 1.807) is 0 Å². The van der Waals surface area contributed by atoms with E-state index in [1.165, 1.54) is 5.56 Å². The van der Waals surface area contributed by atoms with Gasteiger partial charge in [-0.2, -0.15) is 0 Å². The Labute approximate surface area is 167 Å². The van der Waals surface area contributed by atoms with Gasteiger partial charge in [-0.05, 0) is 50.2 Å². The molecule has 0 aliphatic carbocycles. The first-order valence-corrected chi connectivity index (χ1v) is 10.5. The largest absolute Gasteiger partial charge is 0.389 e. The molecule has 28 heavy (non-hydrogen) atoms. The number of likely N-dealkylation sites (tertiary alicyclic amines) is 1. The van der Waals surface area contributed by atoms with Crippen molar-refractivity contribution in [1.29, 1.82) is 0 Å². The quantitative estimate of drug-likeness (QED) is 0.863. The lowest BCUT2D eigenvalue weighted by Crippen LogP contribution is -2.57. The predicted octanol–water partition coefficient (Wildman–Crippen LogP) is 3.43. The average Bonchev–Trinajstić information content (AvgIpc) is 2.95. The van der Waals surface area contributed by atoms with Crippen LogP contribution in [0.25, 0.3) is 10.9 Å². The van der Waals surface area contributed by atoms with Crippen LogP contribution in [0.2, 0.25) is 0 Å². The molecule has 2 saturated heterocycles. The molecular weight excluding hydrogens is 352 g/mol. The van der Waals surface area contributed by atoms with Gasteiger partial charge in [0.05, 0.1) is 11.1 Å². The molecule has 2 aromatic rings. The Balaban J connectivity index is 1.59. The SMILES string of the molecule is Cc1c(C(=O)N2CCC(O)(C3CCOCC3)C(C)C2)n(C)c2c(C)cccc12. The number of fused-ring (bicyclic) bond motifs is 1. The Bertz CT molecular complexity index is 897. The van der Waals surface area contributed by atoms with E-state index in [0.29, 0.717) is 19.5 Å². The van der Waals surface area contributed by atoms with Gasteiger partial charge in [0.15, 0.2) is 0 Å². The molecule has 0 radical (unpaired) electrons. The zero-order valence-electron chi connectivity index (χ0n) is 17.5. The van der Waals surface area contributed by atoms with Crippen molar-refractivity contribution in [3.8, 4) is 0 Å². The Morgan fingerprint density at radius 2 is 1.96 bits per heavy atom. The van der Waals surface area contributed by atoms with Crippen LogP contribution in [0.5, 0.6) is 0 Å². The summed E-state index contributed by atoms with van der Waals surface area (Å²) < 4.78 is 7.52. The first-order valence-electron chi connectivity index (χ1n) is 10.5. The second kappa shape index (κ2) is 7.20. The topological polar surface area (TPSA) is 54.7 Å². The number of hydrogen-bond acceptors (Lipinski definition) is 3. The third-order valence-corrected chi connectivity index (χ3v) is 7.22. The Morgan fingerprint density at radius 3 is 2.61 bits per heavy atom. The van der Waals surface area contributed by atoms with E-state index in [0.717, 1.165) is 48.2 Å². The second-order valence-electron chi connectivity index (χ2n) is 8.78. The first-order chi connectivity index (χ1) is 13.3. The molecule has 152 valence electrons. The molecule has 0 bridgehead atoms. The van der Waals surface area contributed by atoms with Crippen LogP contribution in [-0.4, -0.2) is 52.4 Å². The van der Waals surface area contributed by atoms with Gasteiger partial charge in [-0.1, -0.05) is 25.1 Å². The molecule has 1 N–H and O–H groups in total. The maximum atomic E-state index is 13.5. The van der Waals surface area contributed by atoms with Crippen LogP contribution in [0.3, 0.4) is 0 Å². The molecule has 3 heterocycles. The fourth-order valence-electron chi connectivity index (χ4n) is 5.48. The molecule has 4 rings (SSSR count). The van der Waals surface area contributed by atoms with Crippen molar-refractivity contribution in [2.75, 3.05) is 26.3 Å². The number of carbonyl (C=O) groups excluding carboxylic acids is 1. The number of amides is 1. The van der Waals surface area contributed by atoms with Crippen LogP contribution in [0.15, 0.2) is 18.2 Å². The molecule has 1 aromatic heterocycles. The molecule has 0 spiro atoms. The number of rotatable bonds is 2. The summed E-state index contributed by atoms with van der Waals surface area (Å²) >= 11 is 0. The zero-order chi connectivity index (χ0) is 20.1. The maximum Gasteiger partial charge on any atom is 0.270 e. The Morgan fingerprint density at radius 1 is 1.25 bits per heavy atom. The molecule has 2 aliphatic heterocycles. The molecule has 0 saturated carbocycles. The number of nitrogens with zero attached hydrogens (tertiary/aromatic N) is 2. The highest BCUT2D eigenvalue weighted by Crippen LogP contribution is 2.40. The van der Waals surface area contributed by atoms with Crippen molar-refractivity contribution in [2.24, 2.45) is 18.9 Å². The fourth-order valence-corrected chi connectivity index (χ4v) is 5.48. The third kappa shape index (κ3) is 2.96. The van der Waals surface area contributed by atoms with Crippen molar-refractivity contribution < 1.29 is 14.6 Å². The summed E-state index contributed by atoms with van der Waals surface area (Å²) in [7, 11) is 1.99. The lowest BCUT2D eigenvalue weighted by atomic mass is 9.70. The Kier molecular flexibility index (Phi) is 5.00. The van der Waals surface area contributed by atoms with Crippen molar-refractivity contribution >= 4 is 16.8 Å². The molecule has 2 unspecified atom stereocenters. The summed E-state index contributed by atoms with van der Waals surface area (Å²) in [5.41, 5.74) is 3.44. The number of para-hydroxylation sites is 1. The molecular formula is C23H32N2O3. The maximum absolute atomic E-state index is 13.5. The second-order valence-corrected chi connectivity index (χ2v) is 8.78. The Hall–Kier alpha value is -1.85. The predicted molar refractivity (Wildman–Crippen MR) is 111 cm³/mol. The smallest absolute Gasteiger partial charge is 0.270 e. The van der Waals surface area contributed by atoms with Gasteiger partial charge in [0.25, 0.3) is 5.91 Å². The highest BCUT2D eigenvalue weighted by molar-refractivity contribution is 6.02. The van der Waals surface area contributed by atoms with Gasteiger partial charge in [0.2, 0.25) is 0 Å². The number of aryl methyl sites for hydroxylation is 3. The number of carbonyl (C=O) groups is 1. The van der Waals surface area contributed by atoms with Crippen LogP contribution in [0, 0.1) is 25.7 Å². The minimum atomic E-state index is -0.689. The molecule has 2 atom stereocenters. The monoisotopic (exact) mass is 384 g/mol. The van der Waals surface area contributed by atoms with E-state index in [4.69, 9.17) is 4.74 Å². The van der Waals surface area contributed by atoms with E-state index in [1.807, 2.05) is 23.4 Å². The molecule has 1 amide bonds. The van der Waals surface area contributed by atoms with Gasteiger partial charge in [-0.25, -0.2) is 0 Å². The third-order valence-electron chi connectivity index (χ3n) is 7.22. The van der Waals surface area contributed by atoms with Gasteiger partial charge >= 0.3 is 0 Å². The fraction of sp³-hybridized carbons (Fsp3) is 0.609. The average molecular weight is 385 g/mol. The van der Waals surface area contributed by atoms with Crippen LogP contribution in [0.1, 0.15) is 47.8 Å². The van der Waals surface area contributed by atoms with Crippen LogP contribution >= 0.6 is 0 Å². The lowest BCUT2D eigenvalue weighted by molar-refractivity contribution is -0.125. The summed E-state index contributed by atoms with van der Waals surface area (Å²) in [6.45, 7) is 8.90. The van der Waals surface area contributed by atoms with E-state index in [2.05, 4.69) is 32.0 Å². The minimum absolute atomic E-state index is 0.0602. The summed E-state index contributed by atoms with van der Waals surface area (Å²) in [5.74, 6) is 0.414. The highest BCUT2D eigenvalue weighted by atomic mass is 16.5. The normalized spacial score (nSPS) is 26.8. The highest BCUT2D eigenvalue weighted by Gasteiger charge is 2.46. The number of benzene rings is 1. The van der Waals surface area contributed by atoms with E-state index >= 15 is 0 Å². The number of ether oxygens (including phenoxy) is 1. The van der Waals surface area contributed by atoms with Crippen molar-refractivity contribution in [3.63, 3.8) is 0 Å². The molecule has 2 fully saturated rings. The van der Waals surface area contributed by atoms with E-state index in [9.17, 15) is 9.90 Å². The first kappa shape index (κ1) is 19.5. The zero-order valence-corrected chi connectivity index (χ0v) is 17.5. The van der Waals surface area contributed by atoms with Gasteiger partial charge in [-0.15, -0.1) is 0 Å². The van der Waals surface area contributed by atoms with Crippen molar-refractivity contribution in [1.82, 2.24) is 9.47 Å². The minimum Gasteiger partial charge on any atom is -0.389 e. The number of hydrogen-bond donors (Lipinski definition) is 1. The summed E-state index contributed by atoms with van der Waals surface area (Å²) in [6, 6.07) is 6.24. The van der Waals surface area contributed by atoms with E-state index in [-0.39, 0.29) is 17.7 Å². The molecule has 1 aromatic carbocycles. The van der Waals surface area contributed by atoms with Gasteiger partial charge in [0, 0.05) is 44.7 Å². The number of aromatic nitrogens is 1. The lowest BCUT2D eigenvalue weighted by Gasteiger charge is -2.48. The summed E-state index contributed by atoms with van der Waals surface area (Å²) in [6.07, 6.45) is 2.47. The number of aliphatic hydroxyl groups is 1. The van der Waals surface area contributed by atoms with Crippen LogP contribution in [0.4, 0.5) is 0 Å². The molecule has 2 aliphatic rings. The van der Waals surface area contributed by atoms with Crippen molar-refractivity contribution in [3.05, 3.63) is 35.0 Å².